The van der Waals surface area contributed by atoms with Crippen molar-refractivity contribution >= 4 is 17.9 Å². The van der Waals surface area contributed by atoms with E-state index in [0.29, 0.717) is 19.3 Å². The van der Waals surface area contributed by atoms with Gasteiger partial charge in [-0.2, -0.15) is 0 Å². The summed E-state index contributed by atoms with van der Waals surface area (Å²) < 4.78 is 17.0. The summed E-state index contributed by atoms with van der Waals surface area (Å²) in [5.41, 5.74) is 0. The topological polar surface area (TPSA) is 78.9 Å². The molecule has 0 aliphatic heterocycles. The molecule has 6 heteroatoms. The molecule has 1 atom stereocenters. The van der Waals surface area contributed by atoms with E-state index in [9.17, 15) is 14.4 Å². The maximum absolute atomic E-state index is 13.0. The minimum Gasteiger partial charge on any atom is -0.462 e. The molecule has 0 saturated carbocycles. The predicted octanol–water partition coefficient (Wildman–Crippen LogP) is 24.4. The van der Waals surface area contributed by atoms with Gasteiger partial charge in [0.1, 0.15) is 13.2 Å². The lowest BCUT2D eigenvalue weighted by atomic mass is 10.0. The van der Waals surface area contributed by atoms with E-state index in [4.69, 9.17) is 14.2 Å². The minimum atomic E-state index is -0.787. The first-order valence-electron chi connectivity index (χ1n) is 35.2. The van der Waals surface area contributed by atoms with Gasteiger partial charge in [0.25, 0.3) is 0 Å². The average molecular weight is 1140 g/mol. The molecule has 0 aromatic heterocycles. The van der Waals surface area contributed by atoms with Crippen LogP contribution in [-0.2, 0) is 28.6 Å². The van der Waals surface area contributed by atoms with Gasteiger partial charge in [-0.05, 0) is 103 Å². The molecular formula is C76H132O6. The summed E-state index contributed by atoms with van der Waals surface area (Å²) in [5, 5.41) is 0. The summed E-state index contributed by atoms with van der Waals surface area (Å²) >= 11 is 0. The van der Waals surface area contributed by atoms with Crippen molar-refractivity contribution in [2.45, 2.75) is 354 Å². The van der Waals surface area contributed by atoms with E-state index in [1.165, 1.54) is 193 Å². The zero-order chi connectivity index (χ0) is 59.2. The van der Waals surface area contributed by atoms with E-state index in [-0.39, 0.29) is 31.1 Å². The number of allylic oxidation sites excluding steroid dienone is 16. The Bertz CT molecular complexity index is 1590. The Balaban J connectivity index is 4.36. The average Bonchev–Trinajstić information content (AvgIpc) is 3.47. The number of hydrogen-bond donors (Lipinski definition) is 0. The fraction of sp³-hybridized carbons (Fsp3) is 0.750. The molecule has 0 radical (unpaired) electrons. The Hall–Kier alpha value is -3.67. The highest BCUT2D eigenvalue weighted by Gasteiger charge is 2.19. The van der Waals surface area contributed by atoms with E-state index in [2.05, 4.69) is 118 Å². The Morgan fingerprint density at radius 3 is 0.744 bits per heavy atom. The first-order chi connectivity index (χ1) is 40.5. The first kappa shape index (κ1) is 78.3. The van der Waals surface area contributed by atoms with Crippen LogP contribution in [0.5, 0.6) is 0 Å². The van der Waals surface area contributed by atoms with Gasteiger partial charge in [-0.1, -0.05) is 323 Å². The summed E-state index contributed by atoms with van der Waals surface area (Å²) in [5.74, 6) is -0.878. The van der Waals surface area contributed by atoms with Gasteiger partial charge in [0.2, 0.25) is 0 Å². The number of ether oxygens (including phenoxy) is 3. The summed E-state index contributed by atoms with van der Waals surface area (Å²) in [4.78, 5) is 38.5. The lowest BCUT2D eigenvalue weighted by Crippen LogP contribution is -2.30. The highest BCUT2D eigenvalue weighted by atomic mass is 16.6. The molecule has 6 nitrogen and oxygen atoms in total. The lowest BCUT2D eigenvalue weighted by molar-refractivity contribution is -0.167. The molecule has 0 amide bonds. The van der Waals surface area contributed by atoms with E-state index >= 15 is 0 Å². The third-order valence-corrected chi connectivity index (χ3v) is 15.3. The number of carbonyl (C=O) groups excluding carboxylic acids is 3. The standard InChI is InChI=1S/C76H132O6/c1-4-7-10-13-16-19-22-25-28-31-33-35-36-37-38-39-40-42-43-45-48-51-54-57-60-63-66-69-75(78)81-72-73(71-80-74(77)68-65-62-59-56-53-50-47-30-27-24-21-18-15-12-9-6-3)82-76(79)70-67-64-61-58-55-52-49-46-44-41-34-32-29-26-23-20-17-14-11-8-5-2/h7,10,16,19,23,25-26,28,32-35,37-38,44,46,73H,4-6,8-9,11-15,17-18,20-22,24,27,29-31,36,39-43,45,47-72H2,1-3H3/b10-7-,19-16-,26-23-,28-25-,34-32-,35-33-,38-37-,46-44-. The van der Waals surface area contributed by atoms with Crippen LogP contribution in [0, 0.1) is 0 Å². The van der Waals surface area contributed by atoms with Crippen LogP contribution in [0.3, 0.4) is 0 Å². The molecule has 0 aliphatic rings. The van der Waals surface area contributed by atoms with Crippen molar-refractivity contribution in [1.29, 1.82) is 0 Å². The molecule has 0 N–H and O–H groups in total. The zero-order valence-corrected chi connectivity index (χ0v) is 54.2. The van der Waals surface area contributed by atoms with Crippen molar-refractivity contribution in [3.05, 3.63) is 97.2 Å². The molecule has 0 bridgehead atoms. The molecule has 1 unspecified atom stereocenters. The second kappa shape index (κ2) is 69.8. The van der Waals surface area contributed by atoms with Crippen molar-refractivity contribution in [2.24, 2.45) is 0 Å². The quantitative estimate of drug-likeness (QED) is 0.0261. The molecule has 0 spiro atoms. The Labute approximate surface area is 508 Å². The van der Waals surface area contributed by atoms with Gasteiger partial charge in [0.05, 0.1) is 0 Å². The fourth-order valence-corrected chi connectivity index (χ4v) is 10.1. The Morgan fingerprint density at radius 2 is 0.476 bits per heavy atom. The van der Waals surface area contributed by atoms with Crippen LogP contribution >= 0.6 is 0 Å². The van der Waals surface area contributed by atoms with E-state index in [1.54, 1.807) is 0 Å². The number of carbonyl (C=O) groups is 3. The van der Waals surface area contributed by atoms with Gasteiger partial charge < -0.3 is 14.2 Å². The van der Waals surface area contributed by atoms with Crippen LogP contribution in [0.4, 0.5) is 0 Å². The Morgan fingerprint density at radius 1 is 0.256 bits per heavy atom. The second-order valence-corrected chi connectivity index (χ2v) is 23.4. The summed E-state index contributed by atoms with van der Waals surface area (Å²) in [6, 6.07) is 0. The number of esters is 3. The largest absolute Gasteiger partial charge is 0.462 e. The molecule has 82 heavy (non-hydrogen) atoms. The van der Waals surface area contributed by atoms with Crippen LogP contribution in [0.2, 0.25) is 0 Å². The smallest absolute Gasteiger partial charge is 0.306 e. The monoisotopic (exact) mass is 1140 g/mol. The van der Waals surface area contributed by atoms with Crippen molar-refractivity contribution < 1.29 is 28.6 Å². The minimum absolute atomic E-state index is 0.0802. The highest BCUT2D eigenvalue weighted by molar-refractivity contribution is 5.71. The first-order valence-corrected chi connectivity index (χ1v) is 35.2. The van der Waals surface area contributed by atoms with Gasteiger partial charge >= 0.3 is 17.9 Å². The van der Waals surface area contributed by atoms with E-state index in [0.717, 1.165) is 116 Å². The predicted molar refractivity (Wildman–Crippen MR) is 357 cm³/mol. The summed E-state index contributed by atoms with van der Waals surface area (Å²) in [6.07, 6.45) is 94.2. The molecule has 0 rings (SSSR count). The van der Waals surface area contributed by atoms with Crippen molar-refractivity contribution in [3.63, 3.8) is 0 Å². The fourth-order valence-electron chi connectivity index (χ4n) is 10.1. The van der Waals surface area contributed by atoms with Gasteiger partial charge in [-0.15, -0.1) is 0 Å². The number of rotatable bonds is 64. The van der Waals surface area contributed by atoms with Crippen molar-refractivity contribution in [1.82, 2.24) is 0 Å². The normalized spacial score (nSPS) is 12.7. The second-order valence-electron chi connectivity index (χ2n) is 23.4. The summed E-state index contributed by atoms with van der Waals surface area (Å²) in [7, 11) is 0. The number of hydrogen-bond acceptors (Lipinski definition) is 6. The van der Waals surface area contributed by atoms with Gasteiger partial charge in [0.15, 0.2) is 6.10 Å². The van der Waals surface area contributed by atoms with Crippen LogP contribution in [-0.4, -0.2) is 37.2 Å². The molecule has 472 valence electrons. The number of unbranched alkanes of at least 4 members (excludes halogenated alkanes) is 37. The summed E-state index contributed by atoms with van der Waals surface area (Å²) in [6.45, 7) is 6.55. The van der Waals surface area contributed by atoms with E-state index < -0.39 is 6.10 Å². The molecule has 0 aromatic carbocycles. The third-order valence-electron chi connectivity index (χ3n) is 15.3. The highest BCUT2D eigenvalue weighted by Crippen LogP contribution is 2.17. The molecule has 0 fully saturated rings. The van der Waals surface area contributed by atoms with Gasteiger partial charge in [0, 0.05) is 19.3 Å². The molecule has 0 saturated heterocycles. The van der Waals surface area contributed by atoms with Gasteiger partial charge in [-0.25, -0.2) is 0 Å². The Kier molecular flexibility index (Phi) is 66.7. The van der Waals surface area contributed by atoms with Crippen molar-refractivity contribution in [3.8, 4) is 0 Å². The molecule has 0 heterocycles. The maximum atomic E-state index is 13.0. The van der Waals surface area contributed by atoms with Crippen LogP contribution in [0.1, 0.15) is 348 Å². The maximum Gasteiger partial charge on any atom is 0.306 e. The van der Waals surface area contributed by atoms with Crippen molar-refractivity contribution in [2.75, 3.05) is 13.2 Å². The third kappa shape index (κ3) is 67.1. The van der Waals surface area contributed by atoms with Crippen LogP contribution in [0.25, 0.3) is 0 Å². The molecular weight excluding hydrogens is 1010 g/mol. The molecule has 0 aromatic rings. The van der Waals surface area contributed by atoms with Crippen LogP contribution in [0.15, 0.2) is 97.2 Å². The van der Waals surface area contributed by atoms with Crippen LogP contribution < -0.4 is 0 Å². The lowest BCUT2D eigenvalue weighted by Gasteiger charge is -2.18. The zero-order valence-electron chi connectivity index (χ0n) is 54.2. The SMILES string of the molecule is CC/C=C\C/C=C\C/C=C\C/C=C\C/C=C\CCCCCCCCCCCCCC(=O)OCC(COC(=O)CCCCCCCCCCCCCCCCCC)OC(=O)CCCCCCCC/C=C\C/C=C\C/C=C\CCCCCCC. The van der Waals surface area contributed by atoms with Gasteiger partial charge in [-0.3, -0.25) is 14.4 Å². The molecule has 0 aliphatic carbocycles. The van der Waals surface area contributed by atoms with E-state index in [1.807, 2.05) is 0 Å².